The molecule has 1 aliphatic rings. The number of benzene rings is 1. The number of ether oxygens (including phenoxy) is 1. The Morgan fingerprint density at radius 2 is 1.97 bits per heavy atom. The molecule has 0 atom stereocenters. The van der Waals surface area contributed by atoms with Crippen molar-refractivity contribution < 1.29 is 14.3 Å². The second-order valence-electron chi connectivity index (χ2n) is 7.09. The molecule has 3 rings (SSSR count). The van der Waals surface area contributed by atoms with Crippen molar-refractivity contribution in [2.45, 2.75) is 32.6 Å². The number of aryl methyl sites for hydroxylation is 1. The molecule has 6 nitrogen and oxygen atoms in total. The third kappa shape index (κ3) is 5.70. The molecule has 1 aromatic heterocycles. The zero-order valence-electron chi connectivity index (χ0n) is 16.6. The number of amides is 2. The number of pyridine rings is 1. The maximum absolute atomic E-state index is 13.0. The van der Waals surface area contributed by atoms with Crippen molar-refractivity contribution >= 4 is 23.4 Å². The number of hydrogen-bond acceptors (Lipinski definition) is 4. The first-order chi connectivity index (χ1) is 14.1. The molecule has 1 aromatic carbocycles. The molecule has 0 aliphatic carbocycles. The van der Waals surface area contributed by atoms with Crippen molar-refractivity contribution in [3.05, 3.63) is 58.4 Å². The average molecular weight is 416 g/mol. The number of nitrogens with zero attached hydrogens (tertiary/aromatic N) is 2. The van der Waals surface area contributed by atoms with E-state index in [1.165, 1.54) is 0 Å². The molecule has 29 heavy (non-hydrogen) atoms. The van der Waals surface area contributed by atoms with Crippen LogP contribution in [0.25, 0.3) is 0 Å². The Hall–Kier alpha value is -2.60. The number of rotatable bonds is 1. The molecule has 2 heterocycles. The number of carbonyl (C=O) groups excluding carboxylic acids is 2. The minimum absolute atomic E-state index is 0.00707. The lowest BCUT2D eigenvalue weighted by atomic mass is 10.1. The quantitative estimate of drug-likeness (QED) is 0.767. The Bertz CT molecular complexity index is 872. The molecule has 1 aliphatic heterocycles. The lowest BCUT2D eigenvalue weighted by molar-refractivity contribution is 0.0744. The summed E-state index contributed by atoms with van der Waals surface area (Å²) >= 11 is 6.04. The minimum atomic E-state index is -0.196. The van der Waals surface area contributed by atoms with Gasteiger partial charge in [-0.1, -0.05) is 11.6 Å². The lowest BCUT2D eigenvalue weighted by Gasteiger charge is -2.24. The normalized spacial score (nSPS) is 16.2. The summed E-state index contributed by atoms with van der Waals surface area (Å²) in [6.07, 6.45) is 4.88. The molecule has 154 valence electrons. The minimum Gasteiger partial charge on any atom is -0.493 e. The van der Waals surface area contributed by atoms with E-state index in [0.29, 0.717) is 48.1 Å². The van der Waals surface area contributed by atoms with Crippen molar-refractivity contribution in [2.24, 2.45) is 0 Å². The fourth-order valence-electron chi connectivity index (χ4n) is 3.31. The maximum Gasteiger partial charge on any atom is 0.255 e. The van der Waals surface area contributed by atoms with Crippen LogP contribution in [0.2, 0.25) is 5.02 Å². The highest BCUT2D eigenvalue weighted by Crippen LogP contribution is 2.23. The van der Waals surface area contributed by atoms with E-state index in [9.17, 15) is 9.59 Å². The number of halogens is 1. The number of hydrogen-bond donors (Lipinski definition) is 1. The van der Waals surface area contributed by atoms with Crippen LogP contribution in [0.5, 0.6) is 5.75 Å². The van der Waals surface area contributed by atoms with Crippen molar-refractivity contribution in [3.63, 3.8) is 0 Å². The van der Waals surface area contributed by atoms with Gasteiger partial charge in [0.2, 0.25) is 0 Å². The molecule has 1 N–H and O–H groups in total. The second kappa shape index (κ2) is 10.3. The zero-order chi connectivity index (χ0) is 20.6. The van der Waals surface area contributed by atoms with Gasteiger partial charge < -0.3 is 15.0 Å². The Morgan fingerprint density at radius 1 is 1.17 bits per heavy atom. The second-order valence-corrected chi connectivity index (χ2v) is 7.52. The van der Waals surface area contributed by atoms with Crippen molar-refractivity contribution in [3.8, 4) is 5.75 Å². The van der Waals surface area contributed by atoms with E-state index >= 15 is 0 Å². The van der Waals surface area contributed by atoms with E-state index in [1.54, 1.807) is 30.5 Å². The number of aromatic nitrogens is 1. The van der Waals surface area contributed by atoms with Crippen LogP contribution in [0.3, 0.4) is 0 Å². The Morgan fingerprint density at radius 3 is 2.76 bits per heavy atom. The summed E-state index contributed by atoms with van der Waals surface area (Å²) in [5, 5.41) is 3.42. The van der Waals surface area contributed by atoms with Crippen molar-refractivity contribution in [2.75, 3.05) is 26.2 Å². The zero-order valence-corrected chi connectivity index (χ0v) is 17.4. The van der Waals surface area contributed by atoms with Crippen LogP contribution < -0.4 is 10.1 Å². The molecule has 0 fully saturated rings. The summed E-state index contributed by atoms with van der Waals surface area (Å²) in [4.78, 5) is 31.6. The molecule has 2 aromatic rings. The third-order valence-electron chi connectivity index (χ3n) is 4.93. The molecular formula is C22H26ClN3O3. The maximum atomic E-state index is 13.0. The Kier molecular flexibility index (Phi) is 7.47. The van der Waals surface area contributed by atoms with Gasteiger partial charge >= 0.3 is 0 Å². The van der Waals surface area contributed by atoms with Gasteiger partial charge in [-0.3, -0.25) is 14.6 Å². The summed E-state index contributed by atoms with van der Waals surface area (Å²) in [6, 6.07) is 8.69. The SMILES string of the molecule is Cc1ncccc1C(=O)N1CCCCNC(=O)c2cc(Cl)ccc2OCCCC1. The molecule has 0 bridgehead atoms. The third-order valence-corrected chi connectivity index (χ3v) is 5.17. The van der Waals surface area contributed by atoms with E-state index in [2.05, 4.69) is 10.3 Å². The summed E-state index contributed by atoms with van der Waals surface area (Å²) in [6.45, 7) is 4.15. The fraction of sp³-hybridized carbons (Fsp3) is 0.409. The van der Waals surface area contributed by atoms with Crippen molar-refractivity contribution in [1.29, 1.82) is 0 Å². The van der Waals surface area contributed by atoms with Gasteiger partial charge in [-0.15, -0.1) is 0 Å². The van der Waals surface area contributed by atoms with Gasteiger partial charge in [0.15, 0.2) is 0 Å². The number of carbonyl (C=O) groups is 2. The van der Waals surface area contributed by atoms with Gasteiger partial charge in [0.05, 0.1) is 17.7 Å². The van der Waals surface area contributed by atoms with Crippen LogP contribution in [-0.2, 0) is 0 Å². The van der Waals surface area contributed by atoms with Crippen LogP contribution in [0, 0.1) is 6.92 Å². The van der Waals surface area contributed by atoms with Gasteiger partial charge in [0.1, 0.15) is 5.75 Å². The number of nitrogens with one attached hydrogen (secondary N) is 1. The Labute approximate surface area is 176 Å². The average Bonchev–Trinajstić information content (AvgIpc) is 2.72. The summed E-state index contributed by atoms with van der Waals surface area (Å²) in [7, 11) is 0. The summed E-state index contributed by atoms with van der Waals surface area (Å²) in [5.74, 6) is 0.342. The van der Waals surface area contributed by atoms with E-state index < -0.39 is 0 Å². The van der Waals surface area contributed by atoms with E-state index in [0.717, 1.165) is 31.4 Å². The first-order valence-electron chi connectivity index (χ1n) is 9.97. The van der Waals surface area contributed by atoms with Gasteiger partial charge in [0, 0.05) is 36.5 Å². The number of fused-ring (bicyclic) bond motifs is 1. The predicted octanol–water partition coefficient (Wildman–Crippen LogP) is 3.87. The van der Waals surface area contributed by atoms with E-state index in [4.69, 9.17) is 16.3 Å². The topological polar surface area (TPSA) is 71.5 Å². The molecule has 0 radical (unpaired) electrons. The molecule has 0 saturated heterocycles. The van der Waals surface area contributed by atoms with E-state index in [1.807, 2.05) is 17.9 Å². The first-order valence-corrected chi connectivity index (χ1v) is 10.4. The smallest absolute Gasteiger partial charge is 0.255 e. The highest BCUT2D eigenvalue weighted by Gasteiger charge is 2.18. The fourth-order valence-corrected chi connectivity index (χ4v) is 3.48. The Balaban J connectivity index is 1.69. The largest absolute Gasteiger partial charge is 0.493 e. The van der Waals surface area contributed by atoms with Crippen LogP contribution >= 0.6 is 11.6 Å². The molecule has 0 spiro atoms. The molecule has 7 heteroatoms. The summed E-state index contributed by atoms with van der Waals surface area (Å²) < 4.78 is 5.82. The standard InChI is InChI=1S/C22H26ClN3O3/c1-16-18(7-6-11-24-16)22(28)26-12-3-2-10-25-21(27)19-15-17(23)8-9-20(19)29-14-5-4-13-26/h6-9,11,15H,2-5,10,12-14H2,1H3,(H,25,27). The van der Waals surface area contributed by atoms with Gasteiger partial charge in [-0.05, 0) is 62.9 Å². The highest BCUT2D eigenvalue weighted by molar-refractivity contribution is 6.31. The molecular weight excluding hydrogens is 390 g/mol. The molecule has 0 saturated carbocycles. The summed E-state index contributed by atoms with van der Waals surface area (Å²) in [5.41, 5.74) is 1.84. The monoisotopic (exact) mass is 415 g/mol. The lowest BCUT2D eigenvalue weighted by Crippen LogP contribution is -2.34. The molecule has 0 unspecified atom stereocenters. The van der Waals surface area contributed by atoms with Gasteiger partial charge in [-0.2, -0.15) is 0 Å². The molecule has 2 amide bonds. The van der Waals surface area contributed by atoms with Gasteiger partial charge in [0.25, 0.3) is 11.8 Å². The van der Waals surface area contributed by atoms with Crippen LogP contribution in [-0.4, -0.2) is 47.9 Å². The van der Waals surface area contributed by atoms with Crippen LogP contribution in [0.4, 0.5) is 0 Å². The van der Waals surface area contributed by atoms with E-state index in [-0.39, 0.29) is 11.8 Å². The van der Waals surface area contributed by atoms with Crippen molar-refractivity contribution in [1.82, 2.24) is 15.2 Å². The first kappa shape index (κ1) is 21.1. The van der Waals surface area contributed by atoms with Crippen LogP contribution in [0.1, 0.15) is 52.1 Å². The van der Waals surface area contributed by atoms with Gasteiger partial charge in [-0.25, -0.2) is 0 Å². The van der Waals surface area contributed by atoms with Crippen LogP contribution in [0.15, 0.2) is 36.5 Å². The highest BCUT2D eigenvalue weighted by atomic mass is 35.5. The predicted molar refractivity (Wildman–Crippen MR) is 113 cm³/mol.